The zero-order valence-electron chi connectivity index (χ0n) is 23.8. The van der Waals surface area contributed by atoms with Crippen LogP contribution in [-0.2, 0) is 32.6 Å². The van der Waals surface area contributed by atoms with Crippen molar-refractivity contribution in [3.8, 4) is 0 Å². The summed E-state index contributed by atoms with van der Waals surface area (Å²) >= 11 is 3.40. The molecule has 4 aromatic carbocycles. The van der Waals surface area contributed by atoms with Gasteiger partial charge in [0.05, 0.1) is 10.6 Å². The highest BCUT2D eigenvalue weighted by Gasteiger charge is 2.34. The molecule has 4 aromatic rings. The summed E-state index contributed by atoms with van der Waals surface area (Å²) in [7, 11) is -2.60. The summed E-state index contributed by atoms with van der Waals surface area (Å²) in [5.41, 5.74) is 4.02. The number of likely N-dealkylation sites (N-methyl/N-ethyl adjacent to an activating group) is 1. The Morgan fingerprint density at radius 3 is 1.93 bits per heavy atom. The number of sulfonamides is 1. The molecule has 0 aromatic heterocycles. The molecule has 0 aliphatic heterocycles. The van der Waals surface area contributed by atoms with E-state index >= 15 is 0 Å². The average Bonchev–Trinajstić information content (AvgIpc) is 2.99. The molecule has 42 heavy (non-hydrogen) atoms. The number of carbonyl (C=O) groups excluding carboxylic acids is 2. The van der Waals surface area contributed by atoms with Crippen molar-refractivity contribution in [2.45, 2.75) is 37.8 Å². The van der Waals surface area contributed by atoms with Gasteiger partial charge in [0, 0.05) is 24.5 Å². The second kappa shape index (κ2) is 13.8. The minimum atomic E-state index is -4.13. The maximum absolute atomic E-state index is 14.3. The molecular formula is C33H34BrN3O4S. The molecule has 7 nitrogen and oxygen atoms in total. The Bertz CT molecular complexity index is 1610. The van der Waals surface area contributed by atoms with E-state index in [0.717, 1.165) is 31.0 Å². The van der Waals surface area contributed by atoms with Crippen LogP contribution in [-0.4, -0.2) is 44.8 Å². The first-order chi connectivity index (χ1) is 20.1. The Morgan fingerprint density at radius 2 is 1.36 bits per heavy atom. The second-order valence-electron chi connectivity index (χ2n) is 10.1. The molecule has 1 atom stereocenters. The Balaban J connectivity index is 1.77. The number of hydrogen-bond acceptors (Lipinski definition) is 4. The van der Waals surface area contributed by atoms with Gasteiger partial charge in [0.2, 0.25) is 11.8 Å². The van der Waals surface area contributed by atoms with Gasteiger partial charge in [-0.15, -0.1) is 0 Å². The van der Waals surface area contributed by atoms with Gasteiger partial charge >= 0.3 is 0 Å². The minimum Gasteiger partial charge on any atom is -0.357 e. The van der Waals surface area contributed by atoms with Gasteiger partial charge in [0.1, 0.15) is 12.6 Å². The van der Waals surface area contributed by atoms with Gasteiger partial charge in [-0.25, -0.2) is 8.42 Å². The van der Waals surface area contributed by atoms with Gasteiger partial charge in [0.25, 0.3) is 10.0 Å². The summed E-state index contributed by atoms with van der Waals surface area (Å²) in [6, 6.07) is 29.6. The van der Waals surface area contributed by atoms with E-state index in [1.165, 1.54) is 24.1 Å². The zero-order chi connectivity index (χ0) is 30.3. The topological polar surface area (TPSA) is 86.8 Å². The van der Waals surface area contributed by atoms with Crippen LogP contribution in [0.2, 0.25) is 0 Å². The van der Waals surface area contributed by atoms with Crippen LogP contribution in [0.3, 0.4) is 0 Å². The normalized spacial score (nSPS) is 11.9. The molecule has 0 saturated carbocycles. The summed E-state index contributed by atoms with van der Waals surface area (Å²) in [6.07, 6.45) is 0.265. The lowest BCUT2D eigenvalue weighted by Gasteiger charge is -2.33. The fourth-order valence-electron chi connectivity index (χ4n) is 4.58. The number of rotatable bonds is 11. The third kappa shape index (κ3) is 7.66. The second-order valence-corrected chi connectivity index (χ2v) is 12.9. The Kier molecular flexibility index (Phi) is 10.2. The third-order valence-electron chi connectivity index (χ3n) is 6.99. The maximum Gasteiger partial charge on any atom is 0.264 e. The molecule has 0 fully saturated rings. The lowest BCUT2D eigenvalue weighted by molar-refractivity contribution is -0.139. The van der Waals surface area contributed by atoms with Crippen molar-refractivity contribution in [2.24, 2.45) is 0 Å². The zero-order valence-corrected chi connectivity index (χ0v) is 26.2. The van der Waals surface area contributed by atoms with Gasteiger partial charge in [-0.3, -0.25) is 13.9 Å². The Labute approximate surface area is 256 Å². The summed E-state index contributed by atoms with van der Waals surface area (Å²) < 4.78 is 29.9. The van der Waals surface area contributed by atoms with Crippen molar-refractivity contribution in [1.29, 1.82) is 0 Å². The van der Waals surface area contributed by atoms with E-state index in [4.69, 9.17) is 0 Å². The van der Waals surface area contributed by atoms with Crippen LogP contribution in [0.1, 0.15) is 22.3 Å². The summed E-state index contributed by atoms with van der Waals surface area (Å²) in [5, 5.41) is 2.70. The number of aryl methyl sites for hydroxylation is 2. The monoisotopic (exact) mass is 647 g/mol. The lowest BCUT2D eigenvalue weighted by Crippen LogP contribution is -2.53. The van der Waals surface area contributed by atoms with Gasteiger partial charge in [-0.05, 0) is 61.4 Å². The van der Waals surface area contributed by atoms with Crippen molar-refractivity contribution in [2.75, 3.05) is 17.9 Å². The molecule has 9 heteroatoms. The van der Waals surface area contributed by atoms with E-state index in [1.54, 1.807) is 36.4 Å². The van der Waals surface area contributed by atoms with Crippen molar-refractivity contribution >= 4 is 43.5 Å². The Morgan fingerprint density at radius 1 is 0.786 bits per heavy atom. The summed E-state index contributed by atoms with van der Waals surface area (Å²) in [6.45, 7) is 3.48. The number of halogens is 1. The number of benzene rings is 4. The van der Waals surface area contributed by atoms with E-state index in [0.29, 0.717) is 5.69 Å². The Hall–Kier alpha value is -3.95. The predicted octanol–water partition coefficient (Wildman–Crippen LogP) is 5.65. The number of amides is 2. The molecule has 0 bridgehead atoms. The van der Waals surface area contributed by atoms with Gasteiger partial charge < -0.3 is 10.2 Å². The van der Waals surface area contributed by atoms with Crippen LogP contribution in [0.15, 0.2) is 112 Å². The van der Waals surface area contributed by atoms with Crippen LogP contribution in [0.25, 0.3) is 0 Å². The third-order valence-corrected chi connectivity index (χ3v) is 9.31. The molecule has 0 radical (unpaired) electrons. The largest absolute Gasteiger partial charge is 0.357 e. The number of nitrogens with zero attached hydrogens (tertiary/aromatic N) is 2. The van der Waals surface area contributed by atoms with Crippen LogP contribution < -0.4 is 9.62 Å². The SMILES string of the molecule is CNC(=O)C(Cc1ccccc1)N(Cc1ccc(C)cc1)C(=O)CN(c1ccc(Br)cc1)S(=O)(=O)c1ccc(C)cc1. The fourth-order valence-corrected chi connectivity index (χ4v) is 6.26. The molecule has 0 aliphatic carbocycles. The van der Waals surface area contributed by atoms with E-state index in [2.05, 4.69) is 21.2 Å². The molecule has 2 amide bonds. The van der Waals surface area contributed by atoms with Gasteiger partial charge in [-0.1, -0.05) is 93.8 Å². The number of anilines is 1. The van der Waals surface area contributed by atoms with Gasteiger partial charge in [0.15, 0.2) is 0 Å². The molecule has 0 heterocycles. The molecule has 1 unspecified atom stereocenters. The smallest absolute Gasteiger partial charge is 0.264 e. The van der Waals surface area contributed by atoms with E-state index in [-0.39, 0.29) is 23.8 Å². The predicted molar refractivity (Wildman–Crippen MR) is 170 cm³/mol. The highest BCUT2D eigenvalue weighted by molar-refractivity contribution is 9.10. The van der Waals surface area contributed by atoms with E-state index in [9.17, 15) is 18.0 Å². The highest BCUT2D eigenvalue weighted by atomic mass is 79.9. The number of carbonyl (C=O) groups is 2. The lowest BCUT2D eigenvalue weighted by atomic mass is 10.0. The number of nitrogens with one attached hydrogen (secondary N) is 1. The first-order valence-electron chi connectivity index (χ1n) is 13.5. The van der Waals surface area contributed by atoms with Crippen molar-refractivity contribution in [3.63, 3.8) is 0 Å². The van der Waals surface area contributed by atoms with Crippen molar-refractivity contribution in [1.82, 2.24) is 10.2 Å². The summed E-state index contributed by atoms with van der Waals surface area (Å²) in [4.78, 5) is 29.1. The highest BCUT2D eigenvalue weighted by Crippen LogP contribution is 2.27. The van der Waals surface area contributed by atoms with Crippen LogP contribution in [0, 0.1) is 13.8 Å². The molecule has 1 N–H and O–H groups in total. The van der Waals surface area contributed by atoms with Crippen LogP contribution >= 0.6 is 15.9 Å². The molecule has 0 aliphatic rings. The number of hydrogen-bond donors (Lipinski definition) is 1. The summed E-state index contributed by atoms with van der Waals surface area (Å²) in [5.74, 6) is -0.838. The van der Waals surface area contributed by atoms with Crippen molar-refractivity contribution < 1.29 is 18.0 Å². The fraction of sp³-hybridized carbons (Fsp3) is 0.212. The molecule has 4 rings (SSSR count). The molecular weight excluding hydrogens is 614 g/mol. The molecule has 218 valence electrons. The maximum atomic E-state index is 14.3. The average molecular weight is 649 g/mol. The molecule has 0 spiro atoms. The standard InChI is InChI=1S/C33H34BrN3O4S/c1-24-9-13-27(14-10-24)22-36(31(33(39)35-3)21-26-7-5-4-6-8-26)32(38)23-37(29-17-15-28(34)16-18-29)42(40,41)30-19-11-25(2)12-20-30/h4-20,31H,21-23H2,1-3H3,(H,35,39). The first kappa shape index (κ1) is 31.0. The van der Waals surface area contributed by atoms with E-state index < -0.39 is 28.5 Å². The van der Waals surface area contributed by atoms with Crippen molar-refractivity contribution in [3.05, 3.63) is 130 Å². The van der Waals surface area contributed by atoms with E-state index in [1.807, 2.05) is 68.4 Å². The quantitative estimate of drug-likeness (QED) is 0.228. The first-order valence-corrected chi connectivity index (χ1v) is 15.8. The molecule has 0 saturated heterocycles. The van der Waals surface area contributed by atoms with Crippen LogP contribution in [0.5, 0.6) is 0 Å². The van der Waals surface area contributed by atoms with Gasteiger partial charge in [-0.2, -0.15) is 0 Å². The van der Waals surface area contributed by atoms with Crippen LogP contribution in [0.4, 0.5) is 5.69 Å². The minimum absolute atomic E-state index is 0.0704.